The van der Waals surface area contributed by atoms with E-state index in [2.05, 4.69) is 22.4 Å². The number of hydrogen-bond acceptors (Lipinski definition) is 5. The molecule has 2 saturated carbocycles. The summed E-state index contributed by atoms with van der Waals surface area (Å²) < 4.78 is 1.94. The van der Waals surface area contributed by atoms with Gasteiger partial charge < -0.3 is 10.4 Å². The number of rotatable bonds is 10. The van der Waals surface area contributed by atoms with Crippen LogP contribution in [0.3, 0.4) is 0 Å². The summed E-state index contributed by atoms with van der Waals surface area (Å²) >= 11 is 0. The highest BCUT2D eigenvalue weighted by molar-refractivity contribution is 5.78. The summed E-state index contributed by atoms with van der Waals surface area (Å²) in [6.45, 7) is 2.13. The van der Waals surface area contributed by atoms with Gasteiger partial charge in [-0.2, -0.15) is 0 Å². The molecule has 5 rings (SSSR count). The van der Waals surface area contributed by atoms with Gasteiger partial charge in [0.2, 0.25) is 5.91 Å². The van der Waals surface area contributed by atoms with Crippen LogP contribution in [-0.4, -0.2) is 42.7 Å². The van der Waals surface area contributed by atoms with Gasteiger partial charge in [-0.05, 0) is 37.5 Å². The minimum absolute atomic E-state index is 0.0925. The minimum Gasteiger partial charge on any atom is -0.391 e. The number of aryl methyl sites for hydroxylation is 1. The van der Waals surface area contributed by atoms with Gasteiger partial charge in [0.1, 0.15) is 5.82 Å². The number of aliphatic hydroxyl groups excluding tert-OH is 1. The van der Waals surface area contributed by atoms with Gasteiger partial charge >= 0.3 is 0 Å². The molecule has 2 N–H and O–H groups in total. The highest BCUT2D eigenvalue weighted by Gasteiger charge is 2.32. The van der Waals surface area contributed by atoms with Crippen LogP contribution in [0.25, 0.3) is 16.9 Å². The largest absolute Gasteiger partial charge is 0.391 e. The Labute approximate surface area is 226 Å². The molecule has 1 unspecified atom stereocenters. The quantitative estimate of drug-likeness (QED) is 0.361. The van der Waals surface area contributed by atoms with E-state index in [4.69, 9.17) is 4.98 Å². The molecule has 2 atom stereocenters. The van der Waals surface area contributed by atoms with Gasteiger partial charge in [-0.15, -0.1) is 10.2 Å². The van der Waals surface area contributed by atoms with Gasteiger partial charge in [-0.25, -0.2) is 4.98 Å². The first-order chi connectivity index (χ1) is 18.6. The smallest absolute Gasteiger partial charge is 0.227 e. The summed E-state index contributed by atoms with van der Waals surface area (Å²) in [6.07, 6.45) is 16.2. The Bertz CT molecular complexity index is 1180. The van der Waals surface area contributed by atoms with Gasteiger partial charge in [0.25, 0.3) is 0 Å². The molecular formula is C31H43N5O2. The van der Waals surface area contributed by atoms with E-state index in [1.165, 1.54) is 51.4 Å². The molecule has 2 aliphatic rings. The lowest BCUT2D eigenvalue weighted by molar-refractivity contribution is -0.122. The lowest BCUT2D eigenvalue weighted by Gasteiger charge is -2.35. The Balaban J connectivity index is 1.36. The molecule has 0 spiro atoms. The monoisotopic (exact) mass is 517 g/mol. The highest BCUT2D eigenvalue weighted by Crippen LogP contribution is 2.33. The summed E-state index contributed by atoms with van der Waals surface area (Å²) in [5.41, 5.74) is 3.50. The molecule has 2 fully saturated rings. The average Bonchev–Trinajstić information content (AvgIpc) is 3.36. The van der Waals surface area contributed by atoms with Gasteiger partial charge in [-0.3, -0.25) is 9.20 Å². The Kier molecular flexibility index (Phi) is 9.05. The number of nitrogens with one attached hydrogen (secondary N) is 1. The van der Waals surface area contributed by atoms with Crippen molar-refractivity contribution in [3.05, 3.63) is 48.0 Å². The SMILES string of the molecule is CCCc1nc(-c2ccccc2)cn2c(CC(=O)N[C@@H](CC3CCCCC3)C(O)C3CCCCC3)nnc12. The number of carbonyl (C=O) groups is 1. The van der Waals surface area contributed by atoms with Crippen molar-refractivity contribution in [1.82, 2.24) is 24.9 Å². The molecule has 2 aromatic heterocycles. The molecule has 3 aromatic rings. The number of hydrogen-bond donors (Lipinski definition) is 2. The third-order valence-corrected chi connectivity index (χ3v) is 8.61. The van der Waals surface area contributed by atoms with E-state index in [-0.39, 0.29) is 24.3 Å². The number of benzene rings is 1. The fourth-order valence-corrected chi connectivity index (χ4v) is 6.55. The number of amides is 1. The van der Waals surface area contributed by atoms with E-state index in [0.717, 1.165) is 54.7 Å². The zero-order valence-electron chi connectivity index (χ0n) is 22.8. The Hall–Kier alpha value is -2.80. The summed E-state index contributed by atoms with van der Waals surface area (Å²) in [6, 6.07) is 9.89. The Morgan fingerprint density at radius 1 is 1.03 bits per heavy atom. The van der Waals surface area contributed by atoms with Gasteiger partial charge in [0, 0.05) is 11.8 Å². The highest BCUT2D eigenvalue weighted by atomic mass is 16.3. The first-order valence-electron chi connectivity index (χ1n) is 14.9. The second-order valence-corrected chi connectivity index (χ2v) is 11.5. The molecule has 7 nitrogen and oxygen atoms in total. The average molecular weight is 518 g/mol. The van der Waals surface area contributed by atoms with Crippen LogP contribution in [0.15, 0.2) is 36.5 Å². The first-order valence-corrected chi connectivity index (χ1v) is 14.9. The molecular weight excluding hydrogens is 474 g/mol. The van der Waals surface area contributed by atoms with Gasteiger partial charge in [-0.1, -0.05) is 95.0 Å². The molecule has 0 aliphatic heterocycles. The van der Waals surface area contributed by atoms with Crippen molar-refractivity contribution in [2.24, 2.45) is 11.8 Å². The third kappa shape index (κ3) is 6.42. The maximum atomic E-state index is 13.4. The third-order valence-electron chi connectivity index (χ3n) is 8.61. The van der Waals surface area contributed by atoms with E-state index in [0.29, 0.717) is 11.7 Å². The first kappa shape index (κ1) is 26.8. The molecule has 1 aromatic carbocycles. The van der Waals surface area contributed by atoms with Gasteiger partial charge in [0.05, 0.1) is 30.0 Å². The van der Waals surface area contributed by atoms with E-state index < -0.39 is 6.10 Å². The molecule has 0 saturated heterocycles. The van der Waals surface area contributed by atoms with Crippen LogP contribution in [0.2, 0.25) is 0 Å². The molecule has 2 aliphatic carbocycles. The fraction of sp³-hybridized carbons (Fsp3) is 0.613. The van der Waals surface area contributed by atoms with Crippen LogP contribution in [0.5, 0.6) is 0 Å². The second-order valence-electron chi connectivity index (χ2n) is 11.5. The number of carbonyl (C=O) groups excluding carboxylic acids is 1. The summed E-state index contributed by atoms with van der Waals surface area (Å²) in [5.74, 6) is 1.38. The van der Waals surface area contributed by atoms with Crippen molar-refractivity contribution in [3.8, 4) is 11.3 Å². The number of aliphatic hydroxyl groups is 1. The van der Waals surface area contributed by atoms with Crippen molar-refractivity contribution in [2.75, 3.05) is 0 Å². The molecule has 0 bridgehead atoms. The van der Waals surface area contributed by atoms with Gasteiger partial charge in [0.15, 0.2) is 5.65 Å². The maximum absolute atomic E-state index is 13.4. The van der Waals surface area contributed by atoms with Crippen molar-refractivity contribution in [3.63, 3.8) is 0 Å². The minimum atomic E-state index is -0.485. The summed E-state index contributed by atoms with van der Waals surface area (Å²) in [4.78, 5) is 18.3. The second kappa shape index (κ2) is 12.8. The molecule has 7 heteroatoms. The van der Waals surface area contributed by atoms with Crippen LogP contribution in [0.1, 0.15) is 95.5 Å². The molecule has 38 heavy (non-hydrogen) atoms. The lowest BCUT2D eigenvalue weighted by atomic mass is 9.78. The predicted octanol–water partition coefficient (Wildman–Crippen LogP) is 5.68. The summed E-state index contributed by atoms with van der Waals surface area (Å²) in [7, 11) is 0. The van der Waals surface area contributed by atoms with Crippen molar-refractivity contribution in [2.45, 2.75) is 109 Å². The molecule has 1 amide bonds. The zero-order chi connectivity index (χ0) is 26.3. The normalized spacial score (nSPS) is 18.9. The number of fused-ring (bicyclic) bond motifs is 1. The Morgan fingerprint density at radius 2 is 1.74 bits per heavy atom. The zero-order valence-corrected chi connectivity index (χ0v) is 22.8. The lowest BCUT2D eigenvalue weighted by Crippen LogP contribution is -2.48. The van der Waals surface area contributed by atoms with Crippen molar-refractivity contribution >= 4 is 11.6 Å². The predicted molar refractivity (Wildman–Crippen MR) is 150 cm³/mol. The van der Waals surface area contributed by atoms with Crippen molar-refractivity contribution < 1.29 is 9.90 Å². The van der Waals surface area contributed by atoms with Crippen LogP contribution in [0.4, 0.5) is 0 Å². The summed E-state index contributed by atoms with van der Waals surface area (Å²) in [5, 5.41) is 23.5. The molecule has 0 radical (unpaired) electrons. The van der Waals surface area contributed by atoms with E-state index in [9.17, 15) is 9.90 Å². The number of aromatic nitrogens is 4. The number of nitrogens with zero attached hydrogens (tertiary/aromatic N) is 4. The van der Waals surface area contributed by atoms with Crippen LogP contribution in [0, 0.1) is 11.8 Å². The van der Waals surface area contributed by atoms with E-state index in [1.54, 1.807) is 0 Å². The fourth-order valence-electron chi connectivity index (χ4n) is 6.55. The van der Waals surface area contributed by atoms with Crippen LogP contribution >= 0.6 is 0 Å². The standard InChI is InChI=1S/C31H43N5O2/c1-2-12-25-31-35-34-28(36(31)21-27(32-25)23-15-8-4-9-16-23)20-29(37)33-26(19-22-13-6-3-7-14-22)30(38)24-17-10-5-11-18-24/h4,8-9,15-16,21-22,24,26,30,38H,2-3,5-7,10-14,17-20H2,1H3,(H,33,37)/t26-,30?/m0/s1. The van der Waals surface area contributed by atoms with Crippen LogP contribution < -0.4 is 5.32 Å². The molecule has 2 heterocycles. The van der Waals surface area contributed by atoms with E-state index >= 15 is 0 Å². The Morgan fingerprint density at radius 3 is 2.45 bits per heavy atom. The maximum Gasteiger partial charge on any atom is 0.227 e. The van der Waals surface area contributed by atoms with Crippen LogP contribution in [-0.2, 0) is 17.6 Å². The topological polar surface area (TPSA) is 92.4 Å². The van der Waals surface area contributed by atoms with E-state index in [1.807, 2.05) is 40.9 Å². The van der Waals surface area contributed by atoms with Crippen molar-refractivity contribution in [1.29, 1.82) is 0 Å². The molecule has 204 valence electrons.